The molecule has 0 aromatic carbocycles. The maximum Gasteiger partial charge on any atom is 0.361 e. The number of carbonyl (C=O) groups is 2. The molecule has 0 spiro atoms. The van der Waals surface area contributed by atoms with Gasteiger partial charge in [-0.2, -0.15) is 0 Å². The van der Waals surface area contributed by atoms with Gasteiger partial charge in [0.15, 0.2) is 0 Å². The molecule has 0 amide bonds. The summed E-state index contributed by atoms with van der Waals surface area (Å²) in [6.07, 6.45) is 0.747. The Bertz CT molecular complexity index is 706. The lowest BCUT2D eigenvalue weighted by molar-refractivity contribution is -0.162. The second-order valence-corrected chi connectivity index (χ2v) is 10.9. The van der Waals surface area contributed by atoms with Crippen LogP contribution in [0.2, 0.25) is 0 Å². The fraction of sp³-hybridized carbons (Fsp3) is 0.737. The summed E-state index contributed by atoms with van der Waals surface area (Å²) in [5, 5.41) is 0. The molecular formula is C19H32FN2O8P. The van der Waals surface area contributed by atoms with Gasteiger partial charge in [0.2, 0.25) is 13.6 Å². The van der Waals surface area contributed by atoms with Crippen LogP contribution in [-0.4, -0.2) is 50.4 Å². The first-order valence-corrected chi connectivity index (χ1v) is 11.4. The molecule has 0 radical (unpaired) electrons. The van der Waals surface area contributed by atoms with Crippen LogP contribution in [0.3, 0.4) is 0 Å². The molecule has 1 aliphatic rings. The van der Waals surface area contributed by atoms with Crippen molar-refractivity contribution in [3.05, 3.63) is 11.9 Å². The molecule has 2 N–H and O–H groups in total. The highest BCUT2D eigenvalue weighted by Gasteiger charge is 2.34. The minimum Gasteiger partial charge on any atom is -0.438 e. The fourth-order valence-corrected chi connectivity index (χ4v) is 3.11. The number of esters is 2. The van der Waals surface area contributed by atoms with E-state index in [-0.39, 0.29) is 6.42 Å². The number of rotatable bonds is 10. The van der Waals surface area contributed by atoms with Crippen LogP contribution in [0.5, 0.6) is 0 Å². The van der Waals surface area contributed by atoms with Crippen molar-refractivity contribution in [2.24, 2.45) is 21.6 Å². The molecule has 0 fully saturated rings. The fourth-order valence-electron chi connectivity index (χ4n) is 2.10. The summed E-state index contributed by atoms with van der Waals surface area (Å²) < 4.78 is 52.5. The largest absolute Gasteiger partial charge is 0.438 e. The number of halogens is 1. The zero-order valence-corrected chi connectivity index (χ0v) is 19.6. The van der Waals surface area contributed by atoms with Gasteiger partial charge in [0.05, 0.1) is 23.2 Å². The summed E-state index contributed by atoms with van der Waals surface area (Å²) in [6.45, 7) is 8.43. The molecule has 178 valence electrons. The lowest BCUT2D eigenvalue weighted by atomic mass is 9.98. The maximum absolute atomic E-state index is 14.0. The van der Waals surface area contributed by atoms with E-state index >= 15 is 0 Å². The maximum atomic E-state index is 14.0. The van der Waals surface area contributed by atoms with E-state index in [1.807, 2.05) is 0 Å². The first-order valence-electron chi connectivity index (χ1n) is 9.63. The van der Waals surface area contributed by atoms with Gasteiger partial charge in [0, 0.05) is 6.42 Å². The van der Waals surface area contributed by atoms with Gasteiger partial charge in [-0.3, -0.25) is 28.2 Å². The van der Waals surface area contributed by atoms with Gasteiger partial charge < -0.3 is 19.9 Å². The van der Waals surface area contributed by atoms with Gasteiger partial charge in [0.1, 0.15) is 18.3 Å². The summed E-state index contributed by atoms with van der Waals surface area (Å²) in [7, 11) is -4.08. The minimum absolute atomic E-state index is 0.150. The van der Waals surface area contributed by atoms with Gasteiger partial charge in [-0.1, -0.05) is 0 Å². The second kappa shape index (κ2) is 11.2. The number of nitrogens with two attached hydrogens (primary N) is 1. The van der Waals surface area contributed by atoms with Gasteiger partial charge >= 0.3 is 19.5 Å². The highest BCUT2D eigenvalue weighted by atomic mass is 31.2. The van der Waals surface area contributed by atoms with Crippen molar-refractivity contribution in [1.82, 2.24) is 0 Å². The summed E-state index contributed by atoms with van der Waals surface area (Å²) >= 11 is 0. The Morgan fingerprint density at radius 3 is 2.03 bits per heavy atom. The molecule has 0 bridgehead atoms. The van der Waals surface area contributed by atoms with E-state index in [0.717, 1.165) is 6.34 Å². The van der Waals surface area contributed by atoms with Crippen LogP contribution >= 0.6 is 7.60 Å². The van der Waals surface area contributed by atoms with Crippen molar-refractivity contribution >= 4 is 25.9 Å². The molecule has 1 rings (SSSR count). The molecular weight excluding hydrogens is 434 g/mol. The Hall–Kier alpha value is -1.81. The van der Waals surface area contributed by atoms with Gasteiger partial charge in [-0.15, -0.1) is 0 Å². The first-order chi connectivity index (χ1) is 14.2. The normalized spacial score (nSPS) is 20.0. The molecule has 0 aliphatic heterocycles. The zero-order chi connectivity index (χ0) is 23.9. The quantitative estimate of drug-likeness (QED) is 0.169. The predicted octanol–water partition coefficient (Wildman–Crippen LogP) is 3.26. The third-order valence-electron chi connectivity index (χ3n) is 3.93. The first kappa shape index (κ1) is 27.2. The Labute approximate surface area is 181 Å². The van der Waals surface area contributed by atoms with Crippen LogP contribution in [0, 0.1) is 10.8 Å². The third kappa shape index (κ3) is 9.47. The molecule has 0 saturated heterocycles. The smallest absolute Gasteiger partial charge is 0.361 e. The van der Waals surface area contributed by atoms with Crippen molar-refractivity contribution in [2.45, 2.75) is 60.1 Å². The topological polar surface area (TPSA) is 136 Å². The monoisotopic (exact) mass is 466 g/mol. The van der Waals surface area contributed by atoms with Crippen LogP contribution in [0.15, 0.2) is 16.9 Å². The molecule has 0 saturated carbocycles. The van der Waals surface area contributed by atoms with E-state index in [0.29, 0.717) is 0 Å². The summed E-state index contributed by atoms with van der Waals surface area (Å²) in [6, 6.07) is -0.503. The molecule has 12 heteroatoms. The number of carbonyl (C=O) groups excluding carboxylic acids is 2. The second-order valence-electron chi connectivity index (χ2n) is 8.91. The van der Waals surface area contributed by atoms with E-state index in [1.54, 1.807) is 41.5 Å². The van der Waals surface area contributed by atoms with Crippen molar-refractivity contribution < 1.29 is 41.8 Å². The number of hydrogen-bond acceptors (Lipinski definition) is 9. The Morgan fingerprint density at radius 1 is 1.13 bits per heavy atom. The molecule has 10 nitrogen and oxygen atoms in total. The van der Waals surface area contributed by atoms with Crippen LogP contribution in [0.4, 0.5) is 4.39 Å². The van der Waals surface area contributed by atoms with E-state index in [2.05, 4.69) is 4.99 Å². The van der Waals surface area contributed by atoms with Crippen LogP contribution in [0.1, 0.15) is 48.0 Å². The highest BCUT2D eigenvalue weighted by molar-refractivity contribution is 7.53. The lowest BCUT2D eigenvalue weighted by Crippen LogP contribution is -2.25. The molecule has 0 unspecified atom stereocenters. The molecule has 1 aliphatic carbocycles. The number of aliphatic imine (C=N–C) groups is 1. The Kier molecular flexibility index (Phi) is 9.81. The van der Waals surface area contributed by atoms with E-state index in [1.165, 1.54) is 6.08 Å². The van der Waals surface area contributed by atoms with E-state index < -0.39 is 68.3 Å². The average Bonchev–Trinajstić information content (AvgIpc) is 2.98. The third-order valence-corrected chi connectivity index (χ3v) is 5.39. The van der Waals surface area contributed by atoms with Gasteiger partial charge in [0.25, 0.3) is 0 Å². The molecule has 0 heterocycles. The number of ether oxygens (including phenoxy) is 3. The zero-order valence-electron chi connectivity index (χ0n) is 18.8. The summed E-state index contributed by atoms with van der Waals surface area (Å²) in [5.74, 6) is -1.78. The van der Waals surface area contributed by atoms with Crippen molar-refractivity contribution in [3.8, 4) is 0 Å². The lowest BCUT2D eigenvalue weighted by Gasteiger charge is -2.23. The highest BCUT2D eigenvalue weighted by Crippen LogP contribution is 2.49. The Balaban J connectivity index is 2.73. The predicted molar refractivity (Wildman–Crippen MR) is 111 cm³/mol. The number of hydrogen-bond donors (Lipinski definition) is 1. The van der Waals surface area contributed by atoms with Gasteiger partial charge in [-0.25, -0.2) is 4.39 Å². The molecule has 31 heavy (non-hydrogen) atoms. The van der Waals surface area contributed by atoms with Crippen molar-refractivity contribution in [2.75, 3.05) is 19.9 Å². The van der Waals surface area contributed by atoms with Crippen molar-refractivity contribution in [3.63, 3.8) is 0 Å². The van der Waals surface area contributed by atoms with Crippen molar-refractivity contribution in [1.29, 1.82) is 0 Å². The molecule has 0 aromatic rings. The Morgan fingerprint density at radius 2 is 1.61 bits per heavy atom. The van der Waals surface area contributed by atoms with E-state index in [4.69, 9.17) is 29.0 Å². The summed E-state index contributed by atoms with van der Waals surface area (Å²) in [4.78, 5) is 27.6. The molecule has 0 aromatic heterocycles. The summed E-state index contributed by atoms with van der Waals surface area (Å²) in [5.41, 5.74) is 3.61. The van der Waals surface area contributed by atoms with Gasteiger partial charge in [-0.05, 0) is 47.6 Å². The SMILES string of the molecule is CC(C)(C)C(=O)OCOP(=O)(CO[C@H]1C[C@@H](N=CN)C=C1F)OCOC(=O)C(C)(C)C. The minimum atomic E-state index is -4.08. The molecule has 2 atom stereocenters. The number of nitrogens with zero attached hydrogens (tertiary/aromatic N) is 1. The average molecular weight is 466 g/mol. The standard InChI is InChI=1S/C19H32FN2O8P/c1-18(2,3)16(23)26-10-29-31(25,30-11-27-17(24)19(4,5)6)12-28-15-8-13(22-9-21)7-14(15)20/h7,9,13,15H,8,10-12H2,1-6H3,(H2,21,22)/t13-,15-/m0/s1. The van der Waals surface area contributed by atoms with Crippen LogP contribution < -0.4 is 5.73 Å². The van der Waals surface area contributed by atoms with E-state index in [9.17, 15) is 18.5 Å². The van der Waals surface area contributed by atoms with Crippen LogP contribution in [-0.2, 0) is 37.4 Å². The van der Waals surface area contributed by atoms with Crippen LogP contribution in [0.25, 0.3) is 0 Å².